The van der Waals surface area contributed by atoms with E-state index in [2.05, 4.69) is 10.5 Å². The average molecular weight is 479 g/mol. The largest absolute Gasteiger partial charge is 0.497 e. The quantitative estimate of drug-likeness (QED) is 0.353. The molecule has 0 aliphatic rings. The molecule has 0 fully saturated rings. The van der Waals surface area contributed by atoms with Gasteiger partial charge in [0.25, 0.3) is 15.9 Å². The summed E-state index contributed by atoms with van der Waals surface area (Å²) in [6, 6.07) is 22.9. The Balaban J connectivity index is 1.76. The number of hydrogen-bond acceptors (Lipinski definition) is 7. The summed E-state index contributed by atoms with van der Waals surface area (Å²) in [6.07, 6.45) is 1.41. The van der Waals surface area contributed by atoms with E-state index in [-0.39, 0.29) is 17.2 Å². The Hall–Kier alpha value is -4.36. The fourth-order valence-electron chi connectivity index (χ4n) is 2.91. The molecule has 0 aliphatic carbocycles. The normalized spacial score (nSPS) is 10.9. The second-order valence-electron chi connectivity index (χ2n) is 6.84. The van der Waals surface area contributed by atoms with Gasteiger partial charge in [-0.1, -0.05) is 24.3 Å². The molecule has 10 heteroatoms. The lowest BCUT2D eigenvalue weighted by molar-refractivity contribution is -0.119. The van der Waals surface area contributed by atoms with E-state index in [1.54, 1.807) is 60.7 Å². The number of hydrogen-bond donors (Lipinski definition) is 1. The van der Waals surface area contributed by atoms with Gasteiger partial charge < -0.3 is 9.47 Å². The summed E-state index contributed by atoms with van der Waals surface area (Å²) in [5, 5.41) is 12.4. The number of carbonyl (C=O) groups excluding carboxylic acids is 1. The van der Waals surface area contributed by atoms with E-state index in [9.17, 15) is 13.2 Å². The molecule has 0 atom stereocenters. The van der Waals surface area contributed by atoms with Crippen molar-refractivity contribution in [2.75, 3.05) is 24.6 Å². The predicted molar refractivity (Wildman–Crippen MR) is 127 cm³/mol. The van der Waals surface area contributed by atoms with Crippen LogP contribution >= 0.6 is 0 Å². The summed E-state index contributed by atoms with van der Waals surface area (Å²) in [5.74, 6) is 0.349. The fourth-order valence-corrected chi connectivity index (χ4v) is 4.34. The highest BCUT2D eigenvalue weighted by atomic mass is 32.2. The van der Waals surface area contributed by atoms with E-state index in [1.807, 2.05) is 6.07 Å². The van der Waals surface area contributed by atoms with Gasteiger partial charge in [0, 0.05) is 6.07 Å². The molecule has 9 nitrogen and oxygen atoms in total. The van der Waals surface area contributed by atoms with Crippen LogP contribution in [-0.2, 0) is 14.8 Å². The topological polar surface area (TPSA) is 121 Å². The second kappa shape index (κ2) is 11.5. The third-order valence-corrected chi connectivity index (χ3v) is 6.33. The highest BCUT2D eigenvalue weighted by Gasteiger charge is 2.27. The van der Waals surface area contributed by atoms with Gasteiger partial charge in [-0.2, -0.15) is 10.4 Å². The molecular formula is C24H22N4O5S. The van der Waals surface area contributed by atoms with E-state index in [1.165, 1.54) is 31.5 Å². The maximum Gasteiger partial charge on any atom is 0.264 e. The molecule has 0 heterocycles. The Morgan fingerprint density at radius 2 is 1.79 bits per heavy atom. The van der Waals surface area contributed by atoms with Crippen molar-refractivity contribution in [3.63, 3.8) is 0 Å². The number of rotatable bonds is 10. The monoisotopic (exact) mass is 478 g/mol. The van der Waals surface area contributed by atoms with Crippen molar-refractivity contribution in [2.24, 2.45) is 5.10 Å². The second-order valence-corrected chi connectivity index (χ2v) is 8.70. The first-order valence-corrected chi connectivity index (χ1v) is 11.5. The van der Waals surface area contributed by atoms with Crippen LogP contribution in [0.4, 0.5) is 5.69 Å². The number of benzene rings is 3. The summed E-state index contributed by atoms with van der Waals surface area (Å²) in [4.78, 5) is 12.7. The van der Waals surface area contributed by atoms with Gasteiger partial charge in [0.2, 0.25) is 0 Å². The Morgan fingerprint density at radius 1 is 1.06 bits per heavy atom. The SMILES string of the molecule is COc1cccc(N(CC(=O)N/N=C\c2ccc(OCC#N)cc2)S(=O)(=O)c2ccccc2)c1. The zero-order chi connectivity index (χ0) is 24.4. The number of sulfonamides is 1. The van der Waals surface area contributed by atoms with Crippen LogP contribution in [0.25, 0.3) is 0 Å². The Morgan fingerprint density at radius 3 is 2.47 bits per heavy atom. The summed E-state index contributed by atoms with van der Waals surface area (Å²) in [5.41, 5.74) is 3.30. The minimum atomic E-state index is -4.04. The van der Waals surface area contributed by atoms with Crippen molar-refractivity contribution in [2.45, 2.75) is 4.90 Å². The predicted octanol–water partition coefficient (Wildman–Crippen LogP) is 2.94. The van der Waals surface area contributed by atoms with Gasteiger partial charge in [-0.15, -0.1) is 0 Å². The van der Waals surface area contributed by atoms with E-state index >= 15 is 0 Å². The highest BCUT2D eigenvalue weighted by molar-refractivity contribution is 7.92. The first kappa shape index (κ1) is 24.3. The molecule has 1 amide bonds. The van der Waals surface area contributed by atoms with Gasteiger partial charge in [0.15, 0.2) is 6.61 Å². The standard InChI is InChI=1S/C24H22N4O5S/c1-32-22-7-5-6-20(16-22)28(34(30,31)23-8-3-2-4-9-23)18-24(29)27-26-17-19-10-12-21(13-11-19)33-15-14-25/h2-13,16-17H,15,18H2,1H3,(H,27,29)/b26-17-. The number of hydrazone groups is 1. The third-order valence-electron chi connectivity index (χ3n) is 4.55. The molecule has 3 rings (SSSR count). The first-order valence-electron chi connectivity index (χ1n) is 10.1. The van der Waals surface area contributed by atoms with Gasteiger partial charge >= 0.3 is 0 Å². The summed E-state index contributed by atoms with van der Waals surface area (Å²) < 4.78 is 38.0. The minimum Gasteiger partial charge on any atom is -0.497 e. The zero-order valence-corrected chi connectivity index (χ0v) is 19.1. The lowest BCUT2D eigenvalue weighted by Crippen LogP contribution is -2.39. The van der Waals surface area contributed by atoms with Crippen LogP contribution < -0.4 is 19.2 Å². The molecule has 34 heavy (non-hydrogen) atoms. The van der Waals surface area contributed by atoms with Crippen molar-refractivity contribution >= 4 is 27.8 Å². The van der Waals surface area contributed by atoms with Crippen molar-refractivity contribution in [3.8, 4) is 17.6 Å². The molecule has 0 saturated carbocycles. The molecule has 0 saturated heterocycles. The van der Waals surface area contributed by atoms with Gasteiger partial charge in [-0.3, -0.25) is 9.10 Å². The van der Waals surface area contributed by atoms with E-state index in [4.69, 9.17) is 14.7 Å². The molecule has 1 N–H and O–H groups in total. The van der Waals surface area contributed by atoms with Crippen molar-refractivity contribution < 1.29 is 22.7 Å². The van der Waals surface area contributed by atoms with Crippen molar-refractivity contribution in [1.82, 2.24) is 5.43 Å². The molecule has 3 aromatic rings. The number of methoxy groups -OCH3 is 1. The molecule has 0 aromatic heterocycles. The fraction of sp³-hybridized carbons (Fsp3) is 0.125. The van der Waals surface area contributed by atoms with Crippen molar-refractivity contribution in [1.29, 1.82) is 5.26 Å². The van der Waals surface area contributed by atoms with E-state index < -0.39 is 22.5 Å². The number of anilines is 1. The Labute approximate surface area is 197 Å². The molecule has 0 bridgehead atoms. The number of nitrogens with zero attached hydrogens (tertiary/aromatic N) is 3. The Kier molecular flexibility index (Phi) is 8.21. The number of carbonyl (C=O) groups is 1. The Bertz CT molecular complexity index is 1290. The van der Waals surface area contributed by atoms with Gasteiger partial charge in [-0.25, -0.2) is 13.8 Å². The van der Waals surface area contributed by atoms with Gasteiger partial charge in [0.05, 0.1) is 23.9 Å². The lowest BCUT2D eigenvalue weighted by Gasteiger charge is -2.24. The maximum absolute atomic E-state index is 13.3. The van der Waals surface area contributed by atoms with Crippen LogP contribution in [0.3, 0.4) is 0 Å². The van der Waals surface area contributed by atoms with Crippen LogP contribution in [0.1, 0.15) is 5.56 Å². The van der Waals surface area contributed by atoms with Crippen LogP contribution in [0.5, 0.6) is 11.5 Å². The lowest BCUT2D eigenvalue weighted by atomic mass is 10.2. The number of nitrogens with one attached hydrogen (secondary N) is 1. The van der Waals surface area contributed by atoms with Gasteiger partial charge in [0.1, 0.15) is 24.1 Å². The highest BCUT2D eigenvalue weighted by Crippen LogP contribution is 2.26. The molecule has 3 aromatic carbocycles. The van der Waals surface area contributed by atoms with Crippen LogP contribution in [0.15, 0.2) is 88.9 Å². The van der Waals surface area contributed by atoms with Crippen LogP contribution in [0.2, 0.25) is 0 Å². The third kappa shape index (κ3) is 6.34. The minimum absolute atomic E-state index is 0.0489. The average Bonchev–Trinajstić information content (AvgIpc) is 2.87. The molecule has 0 spiro atoms. The summed E-state index contributed by atoms with van der Waals surface area (Å²) in [6.45, 7) is -0.554. The van der Waals surface area contributed by atoms with Crippen LogP contribution in [0, 0.1) is 11.3 Å². The molecular weight excluding hydrogens is 456 g/mol. The zero-order valence-electron chi connectivity index (χ0n) is 18.3. The number of ether oxygens (including phenoxy) is 2. The smallest absolute Gasteiger partial charge is 0.264 e. The molecule has 0 aliphatic heterocycles. The number of amides is 1. The van der Waals surface area contributed by atoms with E-state index in [0.717, 1.165) is 4.31 Å². The number of nitriles is 1. The van der Waals surface area contributed by atoms with E-state index in [0.29, 0.717) is 17.1 Å². The molecule has 0 unspecified atom stereocenters. The molecule has 0 radical (unpaired) electrons. The van der Waals surface area contributed by atoms with Gasteiger partial charge in [-0.05, 0) is 54.1 Å². The molecule has 174 valence electrons. The van der Waals surface area contributed by atoms with Crippen LogP contribution in [-0.4, -0.2) is 40.8 Å². The first-order chi connectivity index (χ1) is 16.4. The van der Waals surface area contributed by atoms with Crippen molar-refractivity contribution in [3.05, 3.63) is 84.4 Å². The summed E-state index contributed by atoms with van der Waals surface area (Å²) in [7, 11) is -2.56. The maximum atomic E-state index is 13.3. The summed E-state index contributed by atoms with van der Waals surface area (Å²) >= 11 is 0.